The van der Waals surface area contributed by atoms with Crippen molar-refractivity contribution in [3.05, 3.63) is 30.3 Å². The molecule has 2 aliphatic rings. The molecule has 27 heavy (non-hydrogen) atoms. The molecule has 0 bridgehead atoms. The molecular weight excluding hydrogens is 350 g/mol. The molecule has 0 aromatic heterocycles. The van der Waals surface area contributed by atoms with Crippen LogP contribution in [0.25, 0.3) is 0 Å². The highest BCUT2D eigenvalue weighted by molar-refractivity contribution is 6.11. The minimum Gasteiger partial charge on any atom is -0.480 e. The molecule has 8 nitrogen and oxygen atoms in total. The molecule has 8 heteroatoms. The Labute approximate surface area is 157 Å². The molecule has 144 valence electrons. The number of hydrogen-bond donors (Lipinski definition) is 2. The smallest absolute Gasteiger partial charge is 0.325 e. The lowest BCUT2D eigenvalue weighted by Crippen LogP contribution is -2.54. The van der Waals surface area contributed by atoms with Gasteiger partial charge in [-0.15, -0.1) is 0 Å². The van der Waals surface area contributed by atoms with Crippen LogP contribution in [0, 0.1) is 5.92 Å². The molecule has 1 aliphatic heterocycles. The van der Waals surface area contributed by atoms with Gasteiger partial charge in [0.1, 0.15) is 18.6 Å². The normalized spacial score (nSPS) is 24.8. The molecule has 1 saturated heterocycles. The summed E-state index contributed by atoms with van der Waals surface area (Å²) in [6, 6.07) is 7.74. The van der Waals surface area contributed by atoms with Crippen LogP contribution < -0.4 is 10.2 Å². The Morgan fingerprint density at radius 3 is 2.59 bits per heavy atom. The molecule has 3 rings (SSSR count). The zero-order valence-electron chi connectivity index (χ0n) is 15.2. The van der Waals surface area contributed by atoms with E-state index >= 15 is 0 Å². The molecule has 1 aromatic carbocycles. The molecule has 1 heterocycles. The average molecular weight is 373 g/mol. The van der Waals surface area contributed by atoms with Crippen LogP contribution in [0.1, 0.15) is 32.6 Å². The van der Waals surface area contributed by atoms with Gasteiger partial charge in [0.15, 0.2) is 0 Å². The predicted octanol–water partition coefficient (Wildman–Crippen LogP) is 1.60. The predicted molar refractivity (Wildman–Crippen MR) is 97.0 cm³/mol. The number of carbonyl (C=O) groups excluding carboxylic acids is 3. The standard InChI is InChI=1S/C19H23N3O5/c1-13-7-5-6-10-19(13)17(26)22(18(27)20-19)11-15(23)21(12-16(24)25)14-8-3-2-4-9-14/h2-4,8-9,13H,5-7,10-12H2,1H3,(H,20,27)(H,24,25). The maximum atomic E-state index is 13.0. The largest absolute Gasteiger partial charge is 0.480 e. The van der Waals surface area contributed by atoms with E-state index in [1.54, 1.807) is 30.3 Å². The van der Waals surface area contributed by atoms with Gasteiger partial charge in [-0.1, -0.05) is 38.0 Å². The number of nitrogens with one attached hydrogen (secondary N) is 1. The second-order valence-corrected chi connectivity index (χ2v) is 7.15. The van der Waals surface area contributed by atoms with E-state index in [0.717, 1.165) is 29.1 Å². The molecule has 1 aromatic rings. The van der Waals surface area contributed by atoms with Gasteiger partial charge in [-0.2, -0.15) is 0 Å². The van der Waals surface area contributed by atoms with Gasteiger partial charge in [0, 0.05) is 5.69 Å². The van der Waals surface area contributed by atoms with E-state index in [4.69, 9.17) is 5.11 Å². The van der Waals surface area contributed by atoms with Crippen LogP contribution >= 0.6 is 0 Å². The molecule has 2 unspecified atom stereocenters. The lowest BCUT2D eigenvalue weighted by atomic mass is 9.73. The summed E-state index contributed by atoms with van der Waals surface area (Å²) >= 11 is 0. The number of carboxylic acid groups (broad SMARTS) is 1. The van der Waals surface area contributed by atoms with Crippen molar-refractivity contribution in [1.29, 1.82) is 0 Å². The summed E-state index contributed by atoms with van der Waals surface area (Å²) in [6.45, 7) is 0.902. The fourth-order valence-corrected chi connectivity index (χ4v) is 3.93. The number of urea groups is 1. The number of imide groups is 1. The van der Waals surface area contributed by atoms with Crippen molar-refractivity contribution in [2.75, 3.05) is 18.0 Å². The third-order valence-corrected chi connectivity index (χ3v) is 5.46. The van der Waals surface area contributed by atoms with E-state index in [2.05, 4.69) is 5.32 Å². The number of benzene rings is 1. The Morgan fingerprint density at radius 1 is 1.26 bits per heavy atom. The number of carbonyl (C=O) groups is 4. The molecule has 2 fully saturated rings. The number of amides is 4. The van der Waals surface area contributed by atoms with Crippen molar-refractivity contribution in [2.24, 2.45) is 5.92 Å². The van der Waals surface area contributed by atoms with Crippen molar-refractivity contribution < 1.29 is 24.3 Å². The van der Waals surface area contributed by atoms with Gasteiger partial charge in [0.05, 0.1) is 0 Å². The van der Waals surface area contributed by atoms with Crippen molar-refractivity contribution >= 4 is 29.5 Å². The van der Waals surface area contributed by atoms with Crippen LogP contribution in [0.5, 0.6) is 0 Å². The molecule has 1 saturated carbocycles. The van der Waals surface area contributed by atoms with E-state index in [9.17, 15) is 19.2 Å². The quantitative estimate of drug-likeness (QED) is 0.763. The number of nitrogens with zero attached hydrogens (tertiary/aromatic N) is 2. The Balaban J connectivity index is 1.80. The van der Waals surface area contributed by atoms with Gasteiger partial charge in [-0.05, 0) is 30.9 Å². The number of carboxylic acids is 1. The Kier molecular flexibility index (Phi) is 5.16. The first kappa shape index (κ1) is 18.9. The summed E-state index contributed by atoms with van der Waals surface area (Å²) in [5.74, 6) is -2.20. The molecule has 4 amide bonds. The number of hydrogen-bond acceptors (Lipinski definition) is 4. The zero-order valence-corrected chi connectivity index (χ0v) is 15.2. The fraction of sp³-hybridized carbons (Fsp3) is 0.474. The highest BCUT2D eigenvalue weighted by Gasteiger charge is 2.55. The lowest BCUT2D eigenvalue weighted by molar-refractivity contribution is -0.138. The summed E-state index contributed by atoms with van der Waals surface area (Å²) in [6.07, 6.45) is 3.24. The number of para-hydroxylation sites is 1. The molecule has 0 radical (unpaired) electrons. The number of anilines is 1. The summed E-state index contributed by atoms with van der Waals surface area (Å²) < 4.78 is 0. The van der Waals surface area contributed by atoms with E-state index in [1.807, 2.05) is 6.92 Å². The minimum atomic E-state index is -1.18. The van der Waals surface area contributed by atoms with Gasteiger partial charge in [0.25, 0.3) is 5.91 Å². The van der Waals surface area contributed by atoms with Crippen molar-refractivity contribution in [2.45, 2.75) is 38.1 Å². The highest BCUT2D eigenvalue weighted by atomic mass is 16.4. The Hall–Kier alpha value is -2.90. The number of rotatable bonds is 5. The first-order chi connectivity index (χ1) is 12.8. The van der Waals surface area contributed by atoms with Crippen molar-refractivity contribution in [3.8, 4) is 0 Å². The topological polar surface area (TPSA) is 107 Å². The fourth-order valence-electron chi connectivity index (χ4n) is 3.93. The Bertz CT molecular complexity index is 766. The van der Waals surface area contributed by atoms with Crippen LogP contribution in [-0.2, 0) is 14.4 Å². The maximum Gasteiger partial charge on any atom is 0.325 e. The van der Waals surface area contributed by atoms with Gasteiger partial charge >= 0.3 is 12.0 Å². The van der Waals surface area contributed by atoms with Crippen molar-refractivity contribution in [1.82, 2.24) is 10.2 Å². The van der Waals surface area contributed by atoms with Crippen LogP contribution in [0.2, 0.25) is 0 Å². The maximum absolute atomic E-state index is 13.0. The van der Waals surface area contributed by atoms with E-state index in [0.29, 0.717) is 12.1 Å². The third-order valence-electron chi connectivity index (χ3n) is 5.46. The first-order valence-corrected chi connectivity index (χ1v) is 9.06. The average Bonchev–Trinajstić information content (AvgIpc) is 2.88. The third kappa shape index (κ3) is 3.51. The molecular formula is C19H23N3O5. The van der Waals surface area contributed by atoms with Gasteiger partial charge < -0.3 is 10.4 Å². The summed E-state index contributed by atoms with van der Waals surface area (Å²) in [7, 11) is 0. The SMILES string of the molecule is CC1CCCCC12NC(=O)N(CC(=O)N(CC(=O)O)c1ccccc1)C2=O. The monoisotopic (exact) mass is 373 g/mol. The second kappa shape index (κ2) is 7.38. The van der Waals surface area contributed by atoms with Crippen LogP contribution in [0.15, 0.2) is 30.3 Å². The second-order valence-electron chi connectivity index (χ2n) is 7.15. The Morgan fingerprint density at radius 2 is 1.96 bits per heavy atom. The molecule has 1 spiro atoms. The summed E-state index contributed by atoms with van der Waals surface area (Å²) in [5, 5.41) is 11.9. The summed E-state index contributed by atoms with van der Waals surface area (Å²) in [4.78, 5) is 51.3. The van der Waals surface area contributed by atoms with Gasteiger partial charge in [-0.25, -0.2) is 4.79 Å². The minimum absolute atomic E-state index is 0.00736. The number of aliphatic carboxylic acids is 1. The van der Waals surface area contributed by atoms with Gasteiger partial charge in [-0.3, -0.25) is 24.2 Å². The molecule has 2 atom stereocenters. The van der Waals surface area contributed by atoms with E-state index in [-0.39, 0.29) is 5.92 Å². The zero-order chi connectivity index (χ0) is 19.6. The van der Waals surface area contributed by atoms with E-state index < -0.39 is 42.4 Å². The van der Waals surface area contributed by atoms with Crippen LogP contribution in [0.4, 0.5) is 10.5 Å². The first-order valence-electron chi connectivity index (χ1n) is 9.06. The van der Waals surface area contributed by atoms with Crippen molar-refractivity contribution in [3.63, 3.8) is 0 Å². The van der Waals surface area contributed by atoms with E-state index in [1.165, 1.54) is 0 Å². The van der Waals surface area contributed by atoms with Crippen LogP contribution in [0.3, 0.4) is 0 Å². The van der Waals surface area contributed by atoms with Crippen LogP contribution in [-0.4, -0.2) is 52.4 Å². The van der Waals surface area contributed by atoms with Gasteiger partial charge in [0.2, 0.25) is 5.91 Å². The molecule has 2 N–H and O–H groups in total. The molecule has 1 aliphatic carbocycles. The summed E-state index contributed by atoms with van der Waals surface area (Å²) in [5.41, 5.74) is -0.544. The lowest BCUT2D eigenvalue weighted by Gasteiger charge is -2.36. The highest BCUT2D eigenvalue weighted by Crippen LogP contribution is 2.38.